The molecule has 0 saturated carbocycles. The Kier molecular flexibility index (Phi) is 4.59. The molecule has 0 aromatic heterocycles. The topological polar surface area (TPSA) is 78.4 Å². The van der Waals surface area contributed by atoms with E-state index in [0.717, 1.165) is 6.07 Å². The van der Waals surface area contributed by atoms with Gasteiger partial charge in [0.1, 0.15) is 0 Å². The quantitative estimate of drug-likeness (QED) is 0.745. The average molecular weight is 290 g/mol. The fourth-order valence-corrected chi connectivity index (χ4v) is 1.51. The summed E-state index contributed by atoms with van der Waals surface area (Å²) in [6.45, 7) is 2.89. The molecular formula is C12H13F3N2O3. The van der Waals surface area contributed by atoms with Crippen LogP contribution in [0.5, 0.6) is 0 Å². The summed E-state index contributed by atoms with van der Waals surface area (Å²) in [7, 11) is 0. The van der Waals surface area contributed by atoms with Crippen molar-refractivity contribution >= 4 is 17.7 Å². The van der Waals surface area contributed by atoms with Crippen molar-refractivity contribution in [2.75, 3.05) is 5.32 Å². The highest BCUT2D eigenvalue weighted by Crippen LogP contribution is 2.19. The summed E-state index contributed by atoms with van der Waals surface area (Å²) in [5, 5.41) is 12.9. The number of nitrogens with one attached hydrogen (secondary N) is 2. The molecule has 0 bridgehead atoms. The predicted octanol–water partition coefficient (Wildman–Crippen LogP) is 2.48. The van der Waals surface area contributed by atoms with Gasteiger partial charge in [-0.2, -0.15) is 0 Å². The summed E-state index contributed by atoms with van der Waals surface area (Å²) in [6.07, 6.45) is -0.360. The monoisotopic (exact) mass is 290 g/mol. The zero-order valence-electron chi connectivity index (χ0n) is 10.8. The Bertz CT molecular complexity index is 547. The maximum absolute atomic E-state index is 13.3. The van der Waals surface area contributed by atoms with Crippen LogP contribution >= 0.6 is 0 Å². The first-order valence-corrected chi connectivity index (χ1v) is 5.57. The van der Waals surface area contributed by atoms with Gasteiger partial charge in [0, 0.05) is 5.54 Å². The summed E-state index contributed by atoms with van der Waals surface area (Å²) in [6, 6.07) is 0.592. The van der Waals surface area contributed by atoms with E-state index in [1.54, 1.807) is 0 Å². The third-order valence-electron chi connectivity index (χ3n) is 2.33. The molecule has 0 unspecified atom stereocenters. The second-order valence-corrected chi connectivity index (χ2v) is 4.76. The van der Waals surface area contributed by atoms with Gasteiger partial charge in [0.25, 0.3) is 0 Å². The summed E-state index contributed by atoms with van der Waals surface area (Å²) in [5.74, 6) is -5.74. The second kappa shape index (κ2) is 5.81. The molecule has 0 radical (unpaired) electrons. The Morgan fingerprint density at radius 2 is 1.80 bits per heavy atom. The van der Waals surface area contributed by atoms with Crippen molar-refractivity contribution in [2.24, 2.45) is 0 Å². The van der Waals surface area contributed by atoms with Crippen LogP contribution in [-0.2, 0) is 4.79 Å². The van der Waals surface area contributed by atoms with E-state index in [9.17, 15) is 22.8 Å². The summed E-state index contributed by atoms with van der Waals surface area (Å²) >= 11 is 0. The number of carboxylic acid groups (broad SMARTS) is 1. The van der Waals surface area contributed by atoms with Crippen molar-refractivity contribution < 1.29 is 27.9 Å². The molecule has 0 spiro atoms. The van der Waals surface area contributed by atoms with Crippen LogP contribution < -0.4 is 10.6 Å². The Morgan fingerprint density at radius 3 is 2.35 bits per heavy atom. The standard InChI is InChI=1S/C12H13F3N2O3/c1-12(2,5-8(18)19)17-11(20)16-7-4-3-6(13)9(14)10(7)15/h3-4H,5H2,1-2H3,(H,18,19)(H2,16,17,20). The SMILES string of the molecule is CC(C)(CC(=O)O)NC(=O)Nc1ccc(F)c(F)c1F. The first kappa shape index (κ1) is 15.8. The lowest BCUT2D eigenvalue weighted by molar-refractivity contribution is -0.138. The van der Waals surface area contributed by atoms with E-state index >= 15 is 0 Å². The molecule has 0 aliphatic carbocycles. The minimum Gasteiger partial charge on any atom is -0.481 e. The van der Waals surface area contributed by atoms with Gasteiger partial charge in [-0.25, -0.2) is 18.0 Å². The molecule has 5 nitrogen and oxygen atoms in total. The van der Waals surface area contributed by atoms with Gasteiger partial charge in [-0.05, 0) is 26.0 Å². The molecule has 3 N–H and O–H groups in total. The Balaban J connectivity index is 2.77. The van der Waals surface area contributed by atoms with E-state index in [1.807, 2.05) is 5.32 Å². The van der Waals surface area contributed by atoms with Crippen molar-refractivity contribution in [1.29, 1.82) is 0 Å². The molecular weight excluding hydrogens is 277 g/mol. The van der Waals surface area contributed by atoms with E-state index in [4.69, 9.17) is 5.11 Å². The molecule has 8 heteroatoms. The van der Waals surface area contributed by atoms with Gasteiger partial charge < -0.3 is 15.7 Å². The van der Waals surface area contributed by atoms with Crippen molar-refractivity contribution in [3.63, 3.8) is 0 Å². The van der Waals surface area contributed by atoms with Crippen LogP contribution in [0.25, 0.3) is 0 Å². The van der Waals surface area contributed by atoms with Crippen LogP contribution in [-0.4, -0.2) is 22.6 Å². The first-order valence-electron chi connectivity index (χ1n) is 5.57. The number of amides is 2. The average Bonchev–Trinajstić information content (AvgIpc) is 2.27. The highest BCUT2D eigenvalue weighted by Gasteiger charge is 2.24. The van der Waals surface area contributed by atoms with Crippen LogP contribution in [0.15, 0.2) is 12.1 Å². The van der Waals surface area contributed by atoms with Crippen LogP contribution in [0.1, 0.15) is 20.3 Å². The van der Waals surface area contributed by atoms with Gasteiger partial charge in [-0.3, -0.25) is 4.79 Å². The van der Waals surface area contributed by atoms with E-state index in [0.29, 0.717) is 6.07 Å². The zero-order chi connectivity index (χ0) is 15.5. The number of carbonyl (C=O) groups excluding carboxylic acids is 1. The zero-order valence-corrected chi connectivity index (χ0v) is 10.8. The van der Waals surface area contributed by atoms with Crippen molar-refractivity contribution in [2.45, 2.75) is 25.8 Å². The van der Waals surface area contributed by atoms with Gasteiger partial charge in [-0.15, -0.1) is 0 Å². The highest BCUT2D eigenvalue weighted by atomic mass is 19.2. The number of halogens is 3. The molecule has 0 heterocycles. The largest absolute Gasteiger partial charge is 0.481 e. The van der Waals surface area contributed by atoms with Gasteiger partial charge in [-0.1, -0.05) is 0 Å². The summed E-state index contributed by atoms with van der Waals surface area (Å²) in [4.78, 5) is 22.1. The third-order valence-corrected chi connectivity index (χ3v) is 2.33. The summed E-state index contributed by atoms with van der Waals surface area (Å²) < 4.78 is 39.0. The minimum atomic E-state index is -1.70. The molecule has 1 aromatic carbocycles. The third kappa shape index (κ3) is 4.15. The molecule has 1 aromatic rings. The Labute approximate surface area is 112 Å². The molecule has 0 fully saturated rings. The smallest absolute Gasteiger partial charge is 0.319 e. The Hall–Kier alpha value is -2.25. The van der Waals surface area contributed by atoms with E-state index in [-0.39, 0.29) is 6.42 Å². The maximum atomic E-state index is 13.3. The van der Waals surface area contributed by atoms with Gasteiger partial charge in [0.2, 0.25) is 0 Å². The number of hydrogen-bond donors (Lipinski definition) is 3. The number of rotatable bonds is 4. The number of carbonyl (C=O) groups is 2. The van der Waals surface area contributed by atoms with E-state index < -0.39 is 40.7 Å². The molecule has 0 aliphatic heterocycles. The van der Waals surface area contributed by atoms with Crippen molar-refractivity contribution in [3.05, 3.63) is 29.6 Å². The van der Waals surface area contributed by atoms with Gasteiger partial charge >= 0.3 is 12.0 Å². The van der Waals surface area contributed by atoms with Crippen molar-refractivity contribution in [3.8, 4) is 0 Å². The lowest BCUT2D eigenvalue weighted by atomic mass is 10.0. The molecule has 0 saturated heterocycles. The molecule has 0 atom stereocenters. The highest BCUT2D eigenvalue weighted by molar-refractivity contribution is 5.90. The minimum absolute atomic E-state index is 0.360. The second-order valence-electron chi connectivity index (χ2n) is 4.76. The number of hydrogen-bond acceptors (Lipinski definition) is 2. The molecule has 0 aliphatic rings. The van der Waals surface area contributed by atoms with Crippen LogP contribution in [0, 0.1) is 17.5 Å². The van der Waals surface area contributed by atoms with E-state index in [2.05, 4.69) is 5.32 Å². The molecule has 2 amide bonds. The van der Waals surface area contributed by atoms with Crippen LogP contribution in [0.3, 0.4) is 0 Å². The number of benzene rings is 1. The number of aliphatic carboxylic acids is 1. The van der Waals surface area contributed by atoms with Crippen molar-refractivity contribution in [1.82, 2.24) is 5.32 Å². The van der Waals surface area contributed by atoms with Crippen LogP contribution in [0.4, 0.5) is 23.7 Å². The van der Waals surface area contributed by atoms with E-state index in [1.165, 1.54) is 13.8 Å². The van der Waals surface area contributed by atoms with Gasteiger partial charge in [0.15, 0.2) is 17.5 Å². The lowest BCUT2D eigenvalue weighted by Gasteiger charge is -2.24. The summed E-state index contributed by atoms with van der Waals surface area (Å²) in [5.41, 5.74) is -1.64. The lowest BCUT2D eigenvalue weighted by Crippen LogP contribution is -2.47. The number of anilines is 1. The normalized spacial score (nSPS) is 11.1. The van der Waals surface area contributed by atoms with Crippen LogP contribution in [0.2, 0.25) is 0 Å². The number of carboxylic acids is 1. The van der Waals surface area contributed by atoms with Gasteiger partial charge in [0.05, 0.1) is 12.1 Å². The molecule has 1 rings (SSSR count). The molecule has 20 heavy (non-hydrogen) atoms. The fraction of sp³-hybridized carbons (Fsp3) is 0.333. The Morgan fingerprint density at radius 1 is 1.20 bits per heavy atom. The fourth-order valence-electron chi connectivity index (χ4n) is 1.51. The first-order chi connectivity index (χ1) is 9.12. The maximum Gasteiger partial charge on any atom is 0.319 e. The predicted molar refractivity (Wildman–Crippen MR) is 64.8 cm³/mol. The number of urea groups is 1. The molecule has 110 valence electrons.